The summed E-state index contributed by atoms with van der Waals surface area (Å²) in [5.41, 5.74) is 4.51. The predicted molar refractivity (Wildman–Crippen MR) is 152 cm³/mol. The maximum atomic E-state index is 12.3. The first-order valence-corrected chi connectivity index (χ1v) is 13.5. The van der Waals surface area contributed by atoms with Crippen molar-refractivity contribution in [2.45, 2.75) is 58.5 Å². The van der Waals surface area contributed by atoms with E-state index in [9.17, 15) is 14.7 Å². The zero-order valence-electron chi connectivity index (χ0n) is 23.4. The van der Waals surface area contributed by atoms with Gasteiger partial charge in [0.25, 0.3) is 5.91 Å². The van der Waals surface area contributed by atoms with Crippen molar-refractivity contribution >= 4 is 17.6 Å². The molecule has 4 rings (SSSR count). The number of likely N-dealkylation sites (N-methyl/N-ethyl adjacent to an activating group) is 1. The molecule has 5 atom stereocenters. The maximum Gasteiger partial charge on any atom is 0.303 e. The van der Waals surface area contributed by atoms with Gasteiger partial charge in [0.05, 0.1) is 18.8 Å². The van der Waals surface area contributed by atoms with Crippen LogP contribution in [0.5, 0.6) is 0 Å². The molecular formula is C32H38N2O6. The molecule has 1 aliphatic heterocycles. The van der Waals surface area contributed by atoms with Crippen molar-refractivity contribution in [3.63, 3.8) is 0 Å². The molecule has 1 heterocycles. The van der Waals surface area contributed by atoms with Gasteiger partial charge in [0.1, 0.15) is 0 Å². The molecule has 212 valence electrons. The predicted octanol–water partition coefficient (Wildman–Crippen LogP) is 4.99. The van der Waals surface area contributed by atoms with E-state index in [-0.39, 0.29) is 24.7 Å². The van der Waals surface area contributed by atoms with E-state index in [0.717, 1.165) is 23.2 Å². The summed E-state index contributed by atoms with van der Waals surface area (Å²) in [5.74, 6) is -0.853. The van der Waals surface area contributed by atoms with Gasteiger partial charge in [-0.1, -0.05) is 73.7 Å². The largest absolute Gasteiger partial charge is 0.453 e. The SMILES string of the molecule is CC(=O)OC(C)C(=O)Nc1ccc(C2OC(CN(C)Cc3ccccc3)C(C)C(c3ccc(CO)cc3)O2)cc1. The molecular weight excluding hydrogens is 508 g/mol. The minimum atomic E-state index is -0.893. The van der Waals surface area contributed by atoms with Gasteiger partial charge in [-0.3, -0.25) is 14.5 Å². The Morgan fingerprint density at radius 3 is 2.23 bits per heavy atom. The Morgan fingerprint density at radius 2 is 1.60 bits per heavy atom. The average molecular weight is 547 g/mol. The number of benzene rings is 3. The highest BCUT2D eigenvalue weighted by molar-refractivity contribution is 5.94. The van der Waals surface area contributed by atoms with Gasteiger partial charge in [-0.15, -0.1) is 0 Å². The number of nitrogens with one attached hydrogen (secondary N) is 1. The second-order valence-corrected chi connectivity index (χ2v) is 10.4. The molecule has 0 bridgehead atoms. The second-order valence-electron chi connectivity index (χ2n) is 10.4. The molecule has 8 nitrogen and oxygen atoms in total. The first-order chi connectivity index (χ1) is 19.2. The summed E-state index contributed by atoms with van der Waals surface area (Å²) < 4.78 is 18.0. The van der Waals surface area contributed by atoms with E-state index in [2.05, 4.69) is 36.3 Å². The minimum Gasteiger partial charge on any atom is -0.453 e. The van der Waals surface area contributed by atoms with Crippen molar-refractivity contribution < 1.29 is 28.9 Å². The standard InChI is InChI=1S/C32H38N2O6/c1-21-29(19-34(4)18-24-8-6-5-7-9-24)39-32(40-30(21)26-12-10-25(20-35)11-13-26)27-14-16-28(17-15-27)33-31(37)22(2)38-23(3)36/h5-17,21-22,29-30,32,35H,18-20H2,1-4H3,(H,33,37). The molecule has 3 aromatic carbocycles. The topological polar surface area (TPSA) is 97.3 Å². The average Bonchev–Trinajstić information content (AvgIpc) is 2.95. The molecule has 8 heteroatoms. The van der Waals surface area contributed by atoms with Crippen molar-refractivity contribution in [1.82, 2.24) is 4.90 Å². The van der Waals surface area contributed by atoms with E-state index in [4.69, 9.17) is 14.2 Å². The monoisotopic (exact) mass is 546 g/mol. The lowest BCUT2D eigenvalue weighted by Gasteiger charge is -2.42. The molecule has 1 amide bonds. The molecule has 1 saturated heterocycles. The molecule has 5 unspecified atom stereocenters. The third-order valence-electron chi connectivity index (χ3n) is 7.07. The minimum absolute atomic E-state index is 0.0114. The van der Waals surface area contributed by atoms with Crippen LogP contribution in [0.4, 0.5) is 5.69 Å². The molecule has 0 saturated carbocycles. The van der Waals surface area contributed by atoms with E-state index in [1.54, 1.807) is 12.1 Å². The normalized spacial score (nSPS) is 21.6. The number of nitrogens with zero attached hydrogens (tertiary/aromatic N) is 1. The van der Waals surface area contributed by atoms with Crippen molar-refractivity contribution in [3.8, 4) is 0 Å². The molecule has 0 aromatic heterocycles. The van der Waals surface area contributed by atoms with Crippen molar-refractivity contribution in [3.05, 3.63) is 101 Å². The van der Waals surface area contributed by atoms with Gasteiger partial charge in [0.15, 0.2) is 12.4 Å². The van der Waals surface area contributed by atoms with Gasteiger partial charge in [-0.25, -0.2) is 0 Å². The number of carbonyl (C=O) groups is 2. The summed E-state index contributed by atoms with van der Waals surface area (Å²) in [5, 5.41) is 12.2. The maximum absolute atomic E-state index is 12.3. The number of ether oxygens (including phenoxy) is 3. The molecule has 1 aliphatic rings. The fourth-order valence-corrected chi connectivity index (χ4v) is 4.86. The summed E-state index contributed by atoms with van der Waals surface area (Å²) in [6.45, 7) is 6.44. The van der Waals surface area contributed by atoms with Gasteiger partial charge in [-0.05, 0) is 42.8 Å². The fourth-order valence-electron chi connectivity index (χ4n) is 4.86. The Hall–Kier alpha value is -3.56. The third-order valence-corrected chi connectivity index (χ3v) is 7.07. The van der Waals surface area contributed by atoms with Crippen LogP contribution in [0.3, 0.4) is 0 Å². The molecule has 0 aliphatic carbocycles. The Bertz CT molecular complexity index is 1250. The third kappa shape index (κ3) is 7.76. The van der Waals surface area contributed by atoms with Crippen molar-refractivity contribution in [2.24, 2.45) is 5.92 Å². The zero-order chi connectivity index (χ0) is 28.6. The van der Waals surface area contributed by atoms with Gasteiger partial charge in [0.2, 0.25) is 0 Å². The fraction of sp³-hybridized carbons (Fsp3) is 0.375. The number of aliphatic hydroxyl groups excluding tert-OH is 1. The van der Waals surface area contributed by atoms with Crippen LogP contribution in [0, 0.1) is 5.92 Å². The van der Waals surface area contributed by atoms with E-state index >= 15 is 0 Å². The number of anilines is 1. The smallest absolute Gasteiger partial charge is 0.303 e. The van der Waals surface area contributed by atoms with Crippen molar-refractivity contribution in [2.75, 3.05) is 18.9 Å². The quantitative estimate of drug-likeness (QED) is 0.346. The second kappa shape index (κ2) is 13.7. The highest BCUT2D eigenvalue weighted by Crippen LogP contribution is 2.42. The Labute approximate surface area is 235 Å². The number of rotatable bonds is 10. The van der Waals surface area contributed by atoms with Crippen molar-refractivity contribution in [1.29, 1.82) is 0 Å². The molecule has 2 N–H and O–H groups in total. The Morgan fingerprint density at radius 1 is 0.950 bits per heavy atom. The van der Waals surface area contributed by atoms with E-state index in [1.165, 1.54) is 19.4 Å². The first-order valence-electron chi connectivity index (χ1n) is 13.5. The number of hydrogen-bond donors (Lipinski definition) is 2. The molecule has 1 fully saturated rings. The summed E-state index contributed by atoms with van der Waals surface area (Å²) in [6, 6.07) is 25.5. The molecule has 40 heavy (non-hydrogen) atoms. The molecule has 0 spiro atoms. The zero-order valence-corrected chi connectivity index (χ0v) is 23.4. The van der Waals surface area contributed by atoms with Gasteiger partial charge in [-0.2, -0.15) is 0 Å². The lowest BCUT2D eigenvalue weighted by molar-refractivity contribution is -0.276. The van der Waals surface area contributed by atoms with Gasteiger partial charge in [0, 0.05) is 37.2 Å². The lowest BCUT2D eigenvalue weighted by atomic mass is 9.90. The number of hydrogen-bond acceptors (Lipinski definition) is 7. The summed E-state index contributed by atoms with van der Waals surface area (Å²) in [6.07, 6.45) is -1.83. The van der Waals surface area contributed by atoms with Crippen LogP contribution in [0.2, 0.25) is 0 Å². The van der Waals surface area contributed by atoms with Crippen LogP contribution in [0.25, 0.3) is 0 Å². The van der Waals surface area contributed by atoms with Gasteiger partial charge < -0.3 is 24.6 Å². The highest BCUT2D eigenvalue weighted by atomic mass is 16.7. The van der Waals surface area contributed by atoms with Crippen LogP contribution in [-0.4, -0.2) is 47.7 Å². The number of esters is 1. The summed E-state index contributed by atoms with van der Waals surface area (Å²) >= 11 is 0. The van der Waals surface area contributed by atoms with E-state index < -0.39 is 24.3 Å². The lowest BCUT2D eigenvalue weighted by Crippen LogP contribution is -2.43. The van der Waals surface area contributed by atoms with Crippen LogP contribution < -0.4 is 5.32 Å². The molecule has 3 aromatic rings. The highest BCUT2D eigenvalue weighted by Gasteiger charge is 2.38. The number of amides is 1. The summed E-state index contributed by atoms with van der Waals surface area (Å²) in [7, 11) is 2.09. The van der Waals surface area contributed by atoms with E-state index in [1.807, 2.05) is 54.6 Å². The number of carbonyl (C=O) groups excluding carboxylic acids is 2. The van der Waals surface area contributed by atoms with Gasteiger partial charge >= 0.3 is 5.97 Å². The summed E-state index contributed by atoms with van der Waals surface area (Å²) in [4.78, 5) is 25.7. The Balaban J connectivity index is 1.51. The number of aliphatic hydroxyl groups is 1. The van der Waals surface area contributed by atoms with Crippen LogP contribution in [-0.2, 0) is 37.0 Å². The van der Waals surface area contributed by atoms with Crippen LogP contribution >= 0.6 is 0 Å². The van der Waals surface area contributed by atoms with E-state index in [0.29, 0.717) is 12.2 Å². The Kier molecular flexibility index (Phi) is 10.1. The van der Waals surface area contributed by atoms with Crippen LogP contribution in [0.1, 0.15) is 55.4 Å². The first kappa shape index (κ1) is 29.4. The molecule has 0 radical (unpaired) electrons. The van der Waals surface area contributed by atoms with Crippen LogP contribution in [0.15, 0.2) is 78.9 Å².